The van der Waals surface area contributed by atoms with E-state index in [1.165, 1.54) is 0 Å². The predicted octanol–water partition coefficient (Wildman–Crippen LogP) is 2.15. The van der Waals surface area contributed by atoms with E-state index in [4.69, 9.17) is 0 Å². The summed E-state index contributed by atoms with van der Waals surface area (Å²) in [6.07, 6.45) is 2.96. The Morgan fingerprint density at radius 2 is 2.06 bits per heavy atom. The molecule has 1 rings (SSSR count). The Morgan fingerprint density at radius 3 is 2.72 bits per heavy atom. The lowest BCUT2D eigenvalue weighted by Gasteiger charge is -2.09. The molecule has 0 aliphatic heterocycles. The molecule has 0 heterocycles. The Kier molecular flexibility index (Phi) is 6.52. The Morgan fingerprint density at radius 1 is 1.28 bits per heavy atom. The molecule has 1 aromatic carbocycles. The van der Waals surface area contributed by atoms with Crippen molar-refractivity contribution in [3.8, 4) is 0 Å². The van der Waals surface area contributed by atoms with Crippen LogP contribution in [0, 0.1) is 0 Å². The van der Waals surface area contributed by atoms with Crippen LogP contribution in [0.5, 0.6) is 0 Å². The van der Waals surface area contributed by atoms with Gasteiger partial charge in [-0.3, -0.25) is 4.72 Å². The van der Waals surface area contributed by atoms with E-state index in [9.17, 15) is 8.42 Å². The van der Waals surface area contributed by atoms with E-state index in [1.54, 1.807) is 17.8 Å². The van der Waals surface area contributed by atoms with E-state index in [2.05, 4.69) is 10.0 Å². The zero-order valence-corrected chi connectivity index (χ0v) is 12.4. The maximum atomic E-state index is 11.8. The largest absolute Gasteiger partial charge is 0.316 e. The smallest absolute Gasteiger partial charge is 0.233 e. The van der Waals surface area contributed by atoms with Gasteiger partial charge < -0.3 is 5.32 Å². The average Bonchev–Trinajstić information content (AvgIpc) is 2.34. The second-order valence-electron chi connectivity index (χ2n) is 3.90. The highest BCUT2D eigenvalue weighted by atomic mass is 32.2. The van der Waals surface area contributed by atoms with Crippen LogP contribution in [0.15, 0.2) is 29.2 Å². The van der Waals surface area contributed by atoms with Crippen molar-refractivity contribution >= 4 is 27.5 Å². The van der Waals surface area contributed by atoms with Gasteiger partial charge in [-0.1, -0.05) is 13.0 Å². The van der Waals surface area contributed by atoms with Crippen LogP contribution >= 0.6 is 11.8 Å². The first-order valence-corrected chi connectivity index (χ1v) is 8.80. The van der Waals surface area contributed by atoms with Gasteiger partial charge in [-0.05, 0) is 37.4 Å². The van der Waals surface area contributed by atoms with E-state index in [0.29, 0.717) is 12.2 Å². The molecule has 0 bridgehead atoms. The molecule has 0 atom stereocenters. The number of benzene rings is 1. The predicted molar refractivity (Wildman–Crippen MR) is 78.8 cm³/mol. The van der Waals surface area contributed by atoms with Gasteiger partial charge in [-0.25, -0.2) is 8.42 Å². The molecule has 0 saturated carbocycles. The van der Waals surface area contributed by atoms with Gasteiger partial charge in [0.25, 0.3) is 0 Å². The Bertz CT molecular complexity index is 461. The van der Waals surface area contributed by atoms with Gasteiger partial charge in [0.1, 0.15) is 0 Å². The highest BCUT2D eigenvalue weighted by Gasteiger charge is 2.09. The van der Waals surface area contributed by atoms with Crippen LogP contribution in [0.4, 0.5) is 5.69 Å². The SMILES string of the molecule is CCCNCCS(=O)(=O)Nc1cccc(SC)c1. The van der Waals surface area contributed by atoms with Gasteiger partial charge >= 0.3 is 0 Å². The van der Waals surface area contributed by atoms with Gasteiger partial charge in [-0.15, -0.1) is 11.8 Å². The summed E-state index contributed by atoms with van der Waals surface area (Å²) in [5.41, 5.74) is 0.623. The van der Waals surface area contributed by atoms with Crippen LogP contribution < -0.4 is 10.0 Å². The summed E-state index contributed by atoms with van der Waals surface area (Å²) in [5, 5.41) is 3.08. The van der Waals surface area contributed by atoms with Crippen molar-refractivity contribution in [2.45, 2.75) is 18.2 Å². The minimum atomic E-state index is -3.26. The van der Waals surface area contributed by atoms with Crippen molar-refractivity contribution in [2.75, 3.05) is 29.8 Å². The molecule has 0 aliphatic rings. The Balaban J connectivity index is 2.53. The summed E-state index contributed by atoms with van der Waals surface area (Å²) in [4.78, 5) is 1.04. The van der Waals surface area contributed by atoms with Crippen LogP contribution in [0.3, 0.4) is 0 Å². The summed E-state index contributed by atoms with van der Waals surface area (Å²) in [7, 11) is -3.26. The van der Waals surface area contributed by atoms with Crippen molar-refractivity contribution in [3.05, 3.63) is 24.3 Å². The molecule has 0 amide bonds. The number of nitrogens with one attached hydrogen (secondary N) is 2. The number of rotatable bonds is 8. The second kappa shape index (κ2) is 7.66. The monoisotopic (exact) mass is 288 g/mol. The molecule has 0 unspecified atom stereocenters. The first kappa shape index (κ1) is 15.3. The summed E-state index contributed by atoms with van der Waals surface area (Å²) < 4.78 is 26.2. The average molecular weight is 288 g/mol. The molecule has 4 nitrogen and oxygen atoms in total. The number of thioether (sulfide) groups is 1. The van der Waals surface area contributed by atoms with E-state index >= 15 is 0 Å². The molecule has 0 aromatic heterocycles. The molecule has 0 fully saturated rings. The highest BCUT2D eigenvalue weighted by molar-refractivity contribution is 7.98. The van der Waals surface area contributed by atoms with Crippen molar-refractivity contribution in [1.82, 2.24) is 5.32 Å². The fourth-order valence-electron chi connectivity index (χ4n) is 1.43. The Hall–Kier alpha value is -0.720. The third-order valence-corrected chi connectivity index (χ3v) is 4.33. The van der Waals surface area contributed by atoms with Crippen LogP contribution in [0.1, 0.15) is 13.3 Å². The summed E-state index contributed by atoms with van der Waals surface area (Å²) in [6, 6.07) is 7.39. The lowest BCUT2D eigenvalue weighted by Crippen LogP contribution is -2.27. The molecule has 0 radical (unpaired) electrons. The van der Waals surface area contributed by atoms with Gasteiger partial charge in [0, 0.05) is 17.1 Å². The molecule has 0 spiro atoms. The van der Waals surface area contributed by atoms with E-state index < -0.39 is 10.0 Å². The van der Waals surface area contributed by atoms with Crippen molar-refractivity contribution < 1.29 is 8.42 Å². The van der Waals surface area contributed by atoms with Crippen LogP contribution in [-0.2, 0) is 10.0 Å². The molecule has 0 saturated heterocycles. The van der Waals surface area contributed by atoms with Crippen LogP contribution in [-0.4, -0.2) is 33.5 Å². The maximum Gasteiger partial charge on any atom is 0.233 e. The zero-order chi connectivity index (χ0) is 13.4. The van der Waals surface area contributed by atoms with Gasteiger partial charge in [0.2, 0.25) is 10.0 Å². The topological polar surface area (TPSA) is 58.2 Å². The molecular formula is C12H20N2O2S2. The highest BCUT2D eigenvalue weighted by Crippen LogP contribution is 2.19. The number of anilines is 1. The minimum Gasteiger partial charge on any atom is -0.316 e. The summed E-state index contributed by atoms with van der Waals surface area (Å²) >= 11 is 1.59. The van der Waals surface area contributed by atoms with E-state index in [0.717, 1.165) is 17.9 Å². The van der Waals surface area contributed by atoms with Gasteiger partial charge in [-0.2, -0.15) is 0 Å². The van der Waals surface area contributed by atoms with E-state index in [-0.39, 0.29) is 5.75 Å². The summed E-state index contributed by atoms with van der Waals surface area (Å²) in [5.74, 6) is 0.0937. The molecule has 102 valence electrons. The first-order chi connectivity index (χ1) is 8.57. The lowest BCUT2D eigenvalue weighted by atomic mass is 10.3. The fraction of sp³-hybridized carbons (Fsp3) is 0.500. The number of hydrogen-bond acceptors (Lipinski definition) is 4. The van der Waals surface area contributed by atoms with Crippen molar-refractivity contribution in [1.29, 1.82) is 0 Å². The van der Waals surface area contributed by atoms with Gasteiger partial charge in [0.15, 0.2) is 0 Å². The molecule has 1 aromatic rings. The second-order valence-corrected chi connectivity index (χ2v) is 6.62. The third-order valence-electron chi connectivity index (χ3n) is 2.32. The zero-order valence-electron chi connectivity index (χ0n) is 10.8. The lowest BCUT2D eigenvalue weighted by molar-refractivity contribution is 0.595. The summed E-state index contributed by atoms with van der Waals surface area (Å²) in [6.45, 7) is 3.37. The molecular weight excluding hydrogens is 268 g/mol. The van der Waals surface area contributed by atoms with Crippen LogP contribution in [0.25, 0.3) is 0 Å². The molecule has 18 heavy (non-hydrogen) atoms. The fourth-order valence-corrected chi connectivity index (χ4v) is 2.89. The molecule has 6 heteroatoms. The standard InChI is InChI=1S/C12H20N2O2S2/c1-3-7-13-8-9-18(15,16)14-11-5-4-6-12(10-11)17-2/h4-6,10,13-14H,3,7-9H2,1-2H3. The van der Waals surface area contributed by atoms with E-state index in [1.807, 2.05) is 31.4 Å². The Labute approximate surface area is 114 Å². The van der Waals surface area contributed by atoms with Crippen molar-refractivity contribution in [3.63, 3.8) is 0 Å². The van der Waals surface area contributed by atoms with Crippen LogP contribution in [0.2, 0.25) is 0 Å². The number of sulfonamides is 1. The maximum absolute atomic E-state index is 11.8. The minimum absolute atomic E-state index is 0.0937. The molecule has 2 N–H and O–H groups in total. The number of hydrogen-bond donors (Lipinski definition) is 2. The van der Waals surface area contributed by atoms with Crippen molar-refractivity contribution in [2.24, 2.45) is 0 Å². The quantitative estimate of drug-likeness (QED) is 0.568. The third kappa shape index (κ3) is 5.75. The van der Waals surface area contributed by atoms with Gasteiger partial charge in [0.05, 0.1) is 5.75 Å². The normalized spacial score (nSPS) is 11.4. The first-order valence-electron chi connectivity index (χ1n) is 5.92. The molecule has 0 aliphatic carbocycles.